The molecule has 0 unspecified atom stereocenters. The van der Waals surface area contributed by atoms with Gasteiger partial charge in [-0.3, -0.25) is 9.69 Å². The minimum absolute atomic E-state index is 0.237. The summed E-state index contributed by atoms with van der Waals surface area (Å²) in [4.78, 5) is 14.4. The number of nitrogens with zero attached hydrogens (tertiary/aromatic N) is 1. The number of rotatable bonds is 3. The molecule has 0 N–H and O–H groups in total. The molecule has 1 saturated heterocycles. The largest absolute Gasteiger partial charge is 0.416 e. The maximum atomic E-state index is 12.6. The van der Waals surface area contributed by atoms with Crippen molar-refractivity contribution in [1.29, 1.82) is 0 Å². The van der Waals surface area contributed by atoms with E-state index in [1.165, 1.54) is 17.0 Å². The number of amides is 1. The van der Waals surface area contributed by atoms with Gasteiger partial charge in [0.1, 0.15) is 4.32 Å². The number of alkyl halides is 3. The van der Waals surface area contributed by atoms with Gasteiger partial charge >= 0.3 is 6.18 Å². The molecule has 3 rings (SSSR count). The summed E-state index contributed by atoms with van der Waals surface area (Å²) in [5, 5.41) is 0. The molecular weight excluding hydrogens is 367 g/mol. The number of carbonyl (C=O) groups is 1. The summed E-state index contributed by atoms with van der Waals surface area (Å²) in [6.45, 7) is 0.371. The van der Waals surface area contributed by atoms with Crippen molar-refractivity contribution in [2.45, 2.75) is 12.7 Å². The molecule has 1 heterocycles. The molecule has 1 aliphatic heterocycles. The Morgan fingerprint density at radius 3 is 2.28 bits per heavy atom. The first-order valence-corrected chi connectivity index (χ1v) is 8.53. The van der Waals surface area contributed by atoms with E-state index in [1.54, 1.807) is 6.08 Å². The molecule has 2 nitrogen and oxygen atoms in total. The molecule has 1 amide bonds. The lowest BCUT2D eigenvalue weighted by Crippen LogP contribution is -2.27. The number of halogens is 3. The molecule has 1 aliphatic rings. The van der Waals surface area contributed by atoms with Gasteiger partial charge in [0.2, 0.25) is 0 Å². The third-order valence-electron chi connectivity index (χ3n) is 3.59. The van der Waals surface area contributed by atoms with Gasteiger partial charge in [0.15, 0.2) is 0 Å². The van der Waals surface area contributed by atoms with Crippen molar-refractivity contribution in [3.05, 3.63) is 76.2 Å². The molecule has 1 fully saturated rings. The van der Waals surface area contributed by atoms with Crippen LogP contribution in [0.3, 0.4) is 0 Å². The van der Waals surface area contributed by atoms with E-state index >= 15 is 0 Å². The minimum Gasteiger partial charge on any atom is -0.288 e. The van der Waals surface area contributed by atoms with Crippen LogP contribution >= 0.6 is 24.0 Å². The number of hydrogen-bond acceptors (Lipinski definition) is 3. The molecule has 0 bridgehead atoms. The Hall–Kier alpha value is -2.12. The zero-order valence-corrected chi connectivity index (χ0v) is 14.4. The molecule has 0 radical (unpaired) electrons. The molecule has 0 saturated carbocycles. The highest BCUT2D eigenvalue weighted by atomic mass is 32.2. The van der Waals surface area contributed by atoms with E-state index in [4.69, 9.17) is 12.2 Å². The van der Waals surface area contributed by atoms with Gasteiger partial charge in [-0.25, -0.2) is 0 Å². The smallest absolute Gasteiger partial charge is 0.288 e. The maximum absolute atomic E-state index is 12.6. The molecule has 0 aromatic heterocycles. The Kier molecular flexibility index (Phi) is 4.96. The Morgan fingerprint density at radius 2 is 1.68 bits per heavy atom. The third-order valence-corrected chi connectivity index (χ3v) is 4.97. The highest BCUT2D eigenvalue weighted by Gasteiger charge is 2.32. The molecule has 2 aromatic rings. The third kappa shape index (κ3) is 4.11. The van der Waals surface area contributed by atoms with Gasteiger partial charge in [-0.15, -0.1) is 0 Å². The van der Waals surface area contributed by atoms with Crippen molar-refractivity contribution in [1.82, 2.24) is 4.90 Å². The van der Waals surface area contributed by atoms with Crippen molar-refractivity contribution < 1.29 is 18.0 Å². The highest BCUT2D eigenvalue weighted by Crippen LogP contribution is 2.34. The second-order valence-corrected chi connectivity index (χ2v) is 7.05. The first-order valence-electron chi connectivity index (χ1n) is 7.31. The van der Waals surface area contributed by atoms with Gasteiger partial charge < -0.3 is 0 Å². The van der Waals surface area contributed by atoms with Crippen molar-refractivity contribution in [3.63, 3.8) is 0 Å². The van der Waals surface area contributed by atoms with Crippen LogP contribution in [-0.4, -0.2) is 15.1 Å². The average molecular weight is 379 g/mol. The molecule has 128 valence electrons. The summed E-state index contributed by atoms with van der Waals surface area (Å²) >= 11 is 6.41. The fourth-order valence-electron chi connectivity index (χ4n) is 2.32. The Morgan fingerprint density at radius 1 is 1.04 bits per heavy atom. The average Bonchev–Trinajstić information content (AvgIpc) is 2.83. The lowest BCUT2D eigenvalue weighted by molar-refractivity contribution is -0.137. The molecule has 0 spiro atoms. The van der Waals surface area contributed by atoms with Crippen molar-refractivity contribution >= 4 is 40.3 Å². The molecule has 25 heavy (non-hydrogen) atoms. The zero-order chi connectivity index (χ0) is 18.0. The van der Waals surface area contributed by atoms with Gasteiger partial charge in [-0.1, -0.05) is 66.4 Å². The maximum Gasteiger partial charge on any atom is 0.416 e. The second-order valence-electron chi connectivity index (χ2n) is 5.37. The topological polar surface area (TPSA) is 20.3 Å². The first kappa shape index (κ1) is 17.7. The van der Waals surface area contributed by atoms with Crippen molar-refractivity contribution in [3.8, 4) is 0 Å². The van der Waals surface area contributed by atoms with E-state index in [0.717, 1.165) is 29.5 Å². The summed E-state index contributed by atoms with van der Waals surface area (Å²) in [5.41, 5.74) is 0.754. The van der Waals surface area contributed by atoms with E-state index in [1.807, 2.05) is 30.3 Å². The Balaban J connectivity index is 1.78. The second kappa shape index (κ2) is 7.01. The SMILES string of the molecule is O=C1C(=Cc2ccc(C(F)(F)F)cc2)SC(=S)N1Cc1ccccc1. The molecule has 0 aliphatic carbocycles. The minimum atomic E-state index is -4.38. The fourth-order valence-corrected chi connectivity index (χ4v) is 3.58. The number of thioether (sulfide) groups is 1. The predicted octanol–water partition coefficient (Wildman–Crippen LogP) is 5.11. The van der Waals surface area contributed by atoms with E-state index in [-0.39, 0.29) is 5.91 Å². The Bertz CT molecular complexity index is 830. The van der Waals surface area contributed by atoms with E-state index < -0.39 is 11.7 Å². The lowest BCUT2D eigenvalue weighted by Gasteiger charge is -2.14. The normalized spacial score (nSPS) is 16.8. The highest BCUT2D eigenvalue weighted by molar-refractivity contribution is 8.26. The van der Waals surface area contributed by atoms with Crippen LogP contribution in [0.2, 0.25) is 0 Å². The monoisotopic (exact) mass is 379 g/mol. The number of thiocarbonyl (C=S) groups is 1. The lowest BCUT2D eigenvalue weighted by atomic mass is 10.1. The summed E-state index contributed by atoms with van der Waals surface area (Å²) in [6.07, 6.45) is -2.82. The van der Waals surface area contributed by atoms with Gasteiger partial charge in [0.05, 0.1) is 17.0 Å². The summed E-state index contributed by atoms with van der Waals surface area (Å²) in [6, 6.07) is 14.1. The summed E-state index contributed by atoms with van der Waals surface area (Å²) in [5.74, 6) is -0.237. The van der Waals surface area contributed by atoms with Gasteiger partial charge in [0, 0.05) is 0 Å². The van der Waals surface area contributed by atoms with Crippen LogP contribution in [0.15, 0.2) is 59.5 Å². The number of carbonyl (C=O) groups excluding carboxylic acids is 1. The first-order chi connectivity index (χ1) is 11.8. The fraction of sp³-hybridized carbons (Fsp3) is 0.111. The van der Waals surface area contributed by atoms with Gasteiger partial charge in [-0.05, 0) is 29.3 Å². The van der Waals surface area contributed by atoms with Crippen LogP contribution in [0.25, 0.3) is 6.08 Å². The number of hydrogen-bond donors (Lipinski definition) is 0. The van der Waals surface area contributed by atoms with Gasteiger partial charge in [-0.2, -0.15) is 13.2 Å². The van der Waals surface area contributed by atoms with Crippen LogP contribution < -0.4 is 0 Å². The van der Waals surface area contributed by atoms with E-state index in [0.29, 0.717) is 21.3 Å². The zero-order valence-electron chi connectivity index (χ0n) is 12.8. The predicted molar refractivity (Wildman–Crippen MR) is 96.6 cm³/mol. The van der Waals surface area contributed by atoms with Crippen LogP contribution in [-0.2, 0) is 17.5 Å². The van der Waals surface area contributed by atoms with Gasteiger partial charge in [0.25, 0.3) is 5.91 Å². The van der Waals surface area contributed by atoms with Crippen LogP contribution in [0.5, 0.6) is 0 Å². The van der Waals surface area contributed by atoms with Crippen LogP contribution in [0, 0.1) is 0 Å². The van der Waals surface area contributed by atoms with Crippen LogP contribution in [0.1, 0.15) is 16.7 Å². The molecule has 0 atom stereocenters. The van der Waals surface area contributed by atoms with E-state index in [2.05, 4.69) is 0 Å². The van der Waals surface area contributed by atoms with Crippen molar-refractivity contribution in [2.75, 3.05) is 0 Å². The molecule has 7 heteroatoms. The standard InChI is InChI=1S/C18H12F3NOS2/c19-18(20,21)14-8-6-12(7-9-14)10-15-16(23)22(17(24)25-15)11-13-4-2-1-3-5-13/h1-10H,11H2. The van der Waals surface area contributed by atoms with Crippen molar-refractivity contribution in [2.24, 2.45) is 0 Å². The summed E-state index contributed by atoms with van der Waals surface area (Å²) in [7, 11) is 0. The molecular formula is C18H12F3NOS2. The van der Waals surface area contributed by atoms with Crippen LogP contribution in [0.4, 0.5) is 13.2 Å². The summed E-state index contributed by atoms with van der Waals surface area (Å²) < 4.78 is 38.2. The quantitative estimate of drug-likeness (QED) is 0.546. The van der Waals surface area contributed by atoms with E-state index in [9.17, 15) is 18.0 Å². The molecule has 2 aromatic carbocycles. The number of benzene rings is 2. The Labute approximate surface area is 152 Å².